The summed E-state index contributed by atoms with van der Waals surface area (Å²) in [7, 11) is 0. The molecule has 12 heteroatoms. The number of aliphatic carboxylic acids is 4. The Morgan fingerprint density at radius 2 is 0.500 bits per heavy atom. The summed E-state index contributed by atoms with van der Waals surface area (Å²) in [6.45, 7) is 11.6. The highest BCUT2D eigenvalue weighted by Crippen LogP contribution is 1.48. The summed E-state index contributed by atoms with van der Waals surface area (Å²) in [5, 5.41) is 36.6. The van der Waals surface area contributed by atoms with Crippen molar-refractivity contribution in [3.05, 3.63) is 50.6 Å². The van der Waals surface area contributed by atoms with Crippen molar-refractivity contribution in [1.82, 2.24) is 24.6 Å². The lowest BCUT2D eigenvalue weighted by atomic mass is 10.7. The van der Waals surface area contributed by atoms with Crippen LogP contribution in [0.1, 0.15) is 0 Å². The minimum absolute atomic E-state index is 0. The molecule has 16 N–H and O–H groups in total. The Labute approximate surface area is 139 Å². The van der Waals surface area contributed by atoms with Gasteiger partial charge in [0.1, 0.15) is 0 Å². The maximum Gasteiger partial charge on any atom is 0.0636 e. The van der Waals surface area contributed by atoms with E-state index in [1.165, 1.54) is 0 Å². The summed E-state index contributed by atoms with van der Waals surface area (Å²) in [4.78, 5) is 36.6. The summed E-state index contributed by atoms with van der Waals surface area (Å²) in [5.74, 6) is -4.93. The average molecular weight is 356 g/mol. The minimum atomic E-state index is -1.23. The Balaban J connectivity index is -0.0000000225. The molecule has 0 atom stereocenters. The highest BCUT2D eigenvalue weighted by Gasteiger charge is 1.57. The summed E-state index contributed by atoms with van der Waals surface area (Å²) >= 11 is 0. The average Bonchev–Trinajstić information content (AvgIpc) is 2.40. The zero-order chi connectivity index (χ0) is 17.1. The zero-order valence-electron chi connectivity index (χ0n) is 14.4. The van der Waals surface area contributed by atoms with Crippen LogP contribution in [-0.4, -0.2) is 23.9 Å². The van der Waals surface area contributed by atoms with E-state index < -0.39 is 23.9 Å². The van der Waals surface area contributed by atoms with E-state index in [2.05, 4.69) is 26.3 Å². The third-order valence-corrected chi connectivity index (χ3v) is 0.667. The lowest BCUT2D eigenvalue weighted by Gasteiger charge is -1.81. The SMILES string of the molecule is C=CC(=O)[O-].C=CC(=O)[O-].C=CC(=O)[O-].C=CC(=O)[O-].[NH4+].[NH4+].[NH4+].[NH4+]. The molecule has 0 aliphatic carbocycles. The Morgan fingerprint density at radius 1 is 0.458 bits per heavy atom. The summed E-state index contributed by atoms with van der Waals surface area (Å²) in [6.07, 6.45) is 2.89. The molecule has 0 unspecified atom stereocenters. The topological polar surface area (TPSA) is 307 Å². The molecule has 0 aliphatic rings. The molecule has 0 radical (unpaired) electrons. The van der Waals surface area contributed by atoms with E-state index in [9.17, 15) is 0 Å². The fourth-order valence-corrected chi connectivity index (χ4v) is 0. The van der Waals surface area contributed by atoms with E-state index in [-0.39, 0.29) is 24.6 Å². The molecule has 0 saturated heterocycles. The molecule has 24 heavy (non-hydrogen) atoms. The van der Waals surface area contributed by atoms with Crippen LogP contribution in [-0.2, 0) is 19.2 Å². The Bertz CT molecular complexity index is 311. The van der Waals surface area contributed by atoms with Crippen LogP contribution < -0.4 is 45.0 Å². The highest BCUT2D eigenvalue weighted by atomic mass is 16.4. The second-order valence-corrected chi connectivity index (χ2v) is 2.09. The van der Waals surface area contributed by atoms with Gasteiger partial charge in [-0.15, -0.1) is 0 Å². The fourth-order valence-electron chi connectivity index (χ4n) is 0. The van der Waals surface area contributed by atoms with Gasteiger partial charge >= 0.3 is 0 Å². The molecule has 0 aromatic heterocycles. The Kier molecular flexibility index (Phi) is 88.7. The lowest BCUT2D eigenvalue weighted by Crippen LogP contribution is -2.17. The van der Waals surface area contributed by atoms with Crippen molar-refractivity contribution >= 4 is 23.9 Å². The monoisotopic (exact) mass is 356 g/mol. The van der Waals surface area contributed by atoms with Gasteiger partial charge in [-0.05, 0) is 24.3 Å². The van der Waals surface area contributed by atoms with Gasteiger partial charge in [0.15, 0.2) is 0 Å². The van der Waals surface area contributed by atoms with Gasteiger partial charge in [0, 0.05) is 0 Å². The van der Waals surface area contributed by atoms with Crippen LogP contribution in [0, 0.1) is 0 Å². The largest absolute Gasteiger partial charge is 0.545 e. The molecular formula is C12H28N4O8. The van der Waals surface area contributed by atoms with Gasteiger partial charge < -0.3 is 64.2 Å². The Hall–Kier alpha value is -3.32. The van der Waals surface area contributed by atoms with E-state index in [0.717, 1.165) is 24.3 Å². The zero-order valence-corrected chi connectivity index (χ0v) is 14.4. The van der Waals surface area contributed by atoms with E-state index in [1.54, 1.807) is 0 Å². The third kappa shape index (κ3) is 267. The van der Waals surface area contributed by atoms with Gasteiger partial charge in [-0.2, -0.15) is 0 Å². The Morgan fingerprint density at radius 3 is 0.500 bits per heavy atom. The van der Waals surface area contributed by atoms with E-state index in [0.29, 0.717) is 0 Å². The molecule has 0 aromatic rings. The van der Waals surface area contributed by atoms with Crippen LogP contribution in [0.2, 0.25) is 0 Å². The molecule has 0 amide bonds. The van der Waals surface area contributed by atoms with Crippen LogP contribution in [0.15, 0.2) is 50.6 Å². The molecule has 0 aliphatic heterocycles. The maximum atomic E-state index is 9.14. The number of hydrogen-bond acceptors (Lipinski definition) is 8. The number of quaternary nitrogens is 4. The number of hydrogen-bond donors (Lipinski definition) is 4. The first-order valence-corrected chi connectivity index (χ1v) is 4.42. The summed E-state index contributed by atoms with van der Waals surface area (Å²) in [6, 6.07) is 0. The van der Waals surface area contributed by atoms with Crippen molar-refractivity contribution in [2.45, 2.75) is 0 Å². The number of carboxylic acids is 4. The quantitative estimate of drug-likeness (QED) is 0.380. The normalized spacial score (nSPS) is 5.33. The van der Waals surface area contributed by atoms with E-state index in [4.69, 9.17) is 39.6 Å². The molecule has 0 spiro atoms. The molecule has 0 saturated carbocycles. The minimum Gasteiger partial charge on any atom is -0.545 e. The number of carbonyl (C=O) groups is 4. The van der Waals surface area contributed by atoms with Crippen LogP contribution in [0.25, 0.3) is 0 Å². The van der Waals surface area contributed by atoms with Crippen molar-refractivity contribution in [1.29, 1.82) is 0 Å². The first-order chi connectivity index (χ1) is 9.08. The fraction of sp³-hybridized carbons (Fsp3) is 0. The standard InChI is InChI=1S/4C3H4O2.4H3N/c4*1-2-3(4)5;;;;/h4*2H,1H2,(H,4,5);4*1H3. The van der Waals surface area contributed by atoms with Gasteiger partial charge in [0.25, 0.3) is 0 Å². The first kappa shape index (κ1) is 49.8. The lowest BCUT2D eigenvalue weighted by molar-refractivity contribution is -0.298. The van der Waals surface area contributed by atoms with Crippen LogP contribution in [0.4, 0.5) is 0 Å². The third-order valence-electron chi connectivity index (χ3n) is 0.667. The molecule has 0 bridgehead atoms. The van der Waals surface area contributed by atoms with Crippen molar-refractivity contribution in [2.24, 2.45) is 0 Å². The van der Waals surface area contributed by atoms with Crippen molar-refractivity contribution < 1.29 is 39.6 Å². The second kappa shape index (κ2) is 42.7. The molecule has 0 fully saturated rings. The van der Waals surface area contributed by atoms with E-state index in [1.807, 2.05) is 0 Å². The van der Waals surface area contributed by atoms with Crippen LogP contribution in [0.5, 0.6) is 0 Å². The van der Waals surface area contributed by atoms with Gasteiger partial charge in [0.2, 0.25) is 0 Å². The van der Waals surface area contributed by atoms with Gasteiger partial charge in [-0.25, -0.2) is 0 Å². The molecule has 12 nitrogen and oxygen atoms in total. The van der Waals surface area contributed by atoms with E-state index >= 15 is 0 Å². The molecular weight excluding hydrogens is 328 g/mol. The predicted molar refractivity (Wildman–Crippen MR) is 84.8 cm³/mol. The van der Waals surface area contributed by atoms with Crippen molar-refractivity contribution in [3.63, 3.8) is 0 Å². The predicted octanol–water partition coefficient (Wildman–Crippen LogP) is -2.81. The smallest absolute Gasteiger partial charge is 0.0636 e. The van der Waals surface area contributed by atoms with Gasteiger partial charge in [0.05, 0.1) is 23.9 Å². The molecule has 0 aromatic carbocycles. The van der Waals surface area contributed by atoms with Crippen molar-refractivity contribution in [2.75, 3.05) is 0 Å². The summed E-state index contributed by atoms with van der Waals surface area (Å²) in [5.41, 5.74) is 0. The molecule has 144 valence electrons. The maximum absolute atomic E-state index is 9.14. The second-order valence-electron chi connectivity index (χ2n) is 2.09. The highest BCUT2D eigenvalue weighted by molar-refractivity contribution is 5.77. The van der Waals surface area contributed by atoms with Gasteiger partial charge in [-0.1, -0.05) is 26.3 Å². The summed E-state index contributed by atoms with van der Waals surface area (Å²) < 4.78 is 0. The number of carboxylic acid groups (broad SMARTS) is 4. The number of carbonyl (C=O) groups excluding carboxylic acids is 4. The van der Waals surface area contributed by atoms with Crippen LogP contribution in [0.3, 0.4) is 0 Å². The first-order valence-electron chi connectivity index (χ1n) is 4.42. The van der Waals surface area contributed by atoms with Gasteiger partial charge in [-0.3, -0.25) is 0 Å². The van der Waals surface area contributed by atoms with Crippen LogP contribution >= 0.6 is 0 Å². The van der Waals surface area contributed by atoms with Crippen molar-refractivity contribution in [3.8, 4) is 0 Å². The number of rotatable bonds is 4. The molecule has 0 rings (SSSR count). The molecule has 0 heterocycles.